The molecule has 0 atom stereocenters. The molecule has 0 spiro atoms. The fourth-order valence-corrected chi connectivity index (χ4v) is 2.99. The van der Waals surface area contributed by atoms with Gasteiger partial charge in [0.25, 0.3) is 11.8 Å². The van der Waals surface area contributed by atoms with Gasteiger partial charge < -0.3 is 9.47 Å². The van der Waals surface area contributed by atoms with Crippen molar-refractivity contribution in [2.24, 2.45) is 0 Å². The summed E-state index contributed by atoms with van der Waals surface area (Å²) in [6.07, 6.45) is 1.23. The first-order valence-corrected chi connectivity index (χ1v) is 8.32. The van der Waals surface area contributed by atoms with Gasteiger partial charge >= 0.3 is 6.03 Å². The summed E-state index contributed by atoms with van der Waals surface area (Å²) < 4.78 is 24.4. The summed E-state index contributed by atoms with van der Waals surface area (Å²) in [6, 6.07) is 7.16. The third-order valence-corrected chi connectivity index (χ3v) is 4.24. The van der Waals surface area contributed by atoms with Gasteiger partial charge in [-0.1, -0.05) is 23.7 Å². The van der Waals surface area contributed by atoms with E-state index in [-0.39, 0.29) is 27.8 Å². The van der Waals surface area contributed by atoms with Crippen LogP contribution >= 0.6 is 11.6 Å². The van der Waals surface area contributed by atoms with Crippen LogP contribution in [-0.2, 0) is 9.59 Å². The molecule has 0 saturated carbocycles. The minimum atomic E-state index is -1.04. The number of anilines is 1. The van der Waals surface area contributed by atoms with Gasteiger partial charge in [-0.05, 0) is 35.9 Å². The lowest BCUT2D eigenvalue weighted by Crippen LogP contribution is -2.54. The van der Waals surface area contributed by atoms with E-state index in [1.807, 2.05) is 5.32 Å². The van der Waals surface area contributed by atoms with Gasteiger partial charge in [-0.15, -0.1) is 0 Å². The van der Waals surface area contributed by atoms with Gasteiger partial charge in [0.1, 0.15) is 11.4 Å². The summed E-state index contributed by atoms with van der Waals surface area (Å²) >= 11 is 6.14. The van der Waals surface area contributed by atoms with Crippen LogP contribution in [0.3, 0.4) is 0 Å². The second kappa shape index (κ2) is 7.69. The molecule has 0 aromatic heterocycles. The molecule has 1 fully saturated rings. The third kappa shape index (κ3) is 3.41. The van der Waals surface area contributed by atoms with Crippen LogP contribution in [-0.4, -0.2) is 32.1 Å². The molecule has 0 unspecified atom stereocenters. The number of rotatable bonds is 4. The van der Waals surface area contributed by atoms with Crippen LogP contribution in [0.1, 0.15) is 5.56 Å². The number of benzene rings is 2. The lowest BCUT2D eigenvalue weighted by molar-refractivity contribution is -0.122. The van der Waals surface area contributed by atoms with Gasteiger partial charge in [0, 0.05) is 0 Å². The van der Waals surface area contributed by atoms with E-state index >= 15 is 0 Å². The average Bonchev–Trinajstić information content (AvgIpc) is 2.66. The average molecular weight is 405 g/mol. The highest BCUT2D eigenvalue weighted by molar-refractivity contribution is 6.39. The Labute approximate surface area is 164 Å². The van der Waals surface area contributed by atoms with Crippen LogP contribution in [0.2, 0.25) is 5.02 Å². The minimum Gasteiger partial charge on any atom is -0.493 e. The fraction of sp³-hybridized carbons (Fsp3) is 0.105. The van der Waals surface area contributed by atoms with E-state index < -0.39 is 23.7 Å². The zero-order chi connectivity index (χ0) is 20.4. The van der Waals surface area contributed by atoms with E-state index in [9.17, 15) is 18.8 Å². The molecule has 2 aromatic carbocycles. The van der Waals surface area contributed by atoms with E-state index in [1.165, 1.54) is 50.6 Å². The number of carbonyl (C=O) groups is 3. The first-order chi connectivity index (χ1) is 13.4. The maximum absolute atomic E-state index is 14.1. The largest absolute Gasteiger partial charge is 0.493 e. The van der Waals surface area contributed by atoms with Crippen LogP contribution < -0.4 is 19.7 Å². The normalized spacial score (nSPS) is 15.6. The second-order valence-corrected chi connectivity index (χ2v) is 6.05. The van der Waals surface area contributed by atoms with Crippen LogP contribution in [0, 0.1) is 5.82 Å². The highest BCUT2D eigenvalue weighted by Gasteiger charge is 2.38. The van der Waals surface area contributed by atoms with E-state index in [0.717, 1.165) is 6.07 Å². The van der Waals surface area contributed by atoms with Crippen molar-refractivity contribution in [3.63, 3.8) is 0 Å². The maximum atomic E-state index is 14.1. The predicted molar refractivity (Wildman–Crippen MR) is 100.0 cm³/mol. The Hall–Kier alpha value is -3.39. The van der Waals surface area contributed by atoms with Crippen LogP contribution in [0.15, 0.2) is 42.0 Å². The molecule has 7 nitrogen and oxygen atoms in total. The third-order valence-electron chi connectivity index (χ3n) is 3.96. The molecular weight excluding hydrogens is 391 g/mol. The SMILES string of the molecule is COc1cc(C=C2C(=O)NC(=O)N(c3ccccc3F)C2=O)cc(Cl)c1OC. The van der Waals surface area contributed by atoms with Gasteiger partial charge in [-0.3, -0.25) is 14.9 Å². The molecule has 1 heterocycles. The zero-order valence-corrected chi connectivity index (χ0v) is 15.5. The fourth-order valence-electron chi connectivity index (χ4n) is 2.70. The van der Waals surface area contributed by atoms with E-state index in [4.69, 9.17) is 21.1 Å². The Morgan fingerprint density at radius 3 is 2.46 bits per heavy atom. The van der Waals surface area contributed by atoms with E-state index in [0.29, 0.717) is 10.5 Å². The van der Waals surface area contributed by atoms with Crippen molar-refractivity contribution >= 4 is 41.2 Å². The molecule has 3 rings (SSSR count). The van der Waals surface area contributed by atoms with Crippen molar-refractivity contribution in [1.29, 1.82) is 0 Å². The second-order valence-electron chi connectivity index (χ2n) is 5.65. The highest BCUT2D eigenvalue weighted by Crippen LogP contribution is 2.37. The number of hydrogen-bond acceptors (Lipinski definition) is 5. The van der Waals surface area contributed by atoms with Crippen molar-refractivity contribution in [3.8, 4) is 11.5 Å². The Bertz CT molecular complexity index is 1020. The summed E-state index contributed by atoms with van der Waals surface area (Å²) in [7, 11) is 2.82. The summed E-state index contributed by atoms with van der Waals surface area (Å²) in [5.74, 6) is -2.09. The molecule has 1 aliphatic rings. The number of methoxy groups -OCH3 is 2. The van der Waals surface area contributed by atoms with E-state index in [2.05, 4.69) is 0 Å². The van der Waals surface area contributed by atoms with E-state index in [1.54, 1.807) is 0 Å². The van der Waals surface area contributed by atoms with Crippen LogP contribution in [0.25, 0.3) is 6.08 Å². The molecule has 2 aromatic rings. The quantitative estimate of drug-likeness (QED) is 0.625. The van der Waals surface area contributed by atoms with Gasteiger partial charge in [-0.25, -0.2) is 14.1 Å². The van der Waals surface area contributed by atoms with Crippen LogP contribution in [0.5, 0.6) is 11.5 Å². The number of nitrogens with one attached hydrogen (secondary N) is 1. The highest BCUT2D eigenvalue weighted by atomic mass is 35.5. The number of ether oxygens (including phenoxy) is 2. The molecule has 1 aliphatic heterocycles. The molecule has 9 heteroatoms. The van der Waals surface area contributed by atoms with Crippen molar-refractivity contribution < 1.29 is 28.2 Å². The smallest absolute Gasteiger partial charge is 0.336 e. The zero-order valence-electron chi connectivity index (χ0n) is 14.8. The number of imide groups is 2. The number of nitrogens with zero attached hydrogens (tertiary/aromatic N) is 1. The number of carbonyl (C=O) groups excluding carboxylic acids is 3. The van der Waals surface area contributed by atoms with Crippen molar-refractivity contribution in [3.05, 3.63) is 58.4 Å². The van der Waals surface area contributed by atoms with Crippen LogP contribution in [0.4, 0.5) is 14.9 Å². The van der Waals surface area contributed by atoms with Crippen molar-refractivity contribution in [2.75, 3.05) is 19.1 Å². The van der Waals surface area contributed by atoms with Gasteiger partial charge in [-0.2, -0.15) is 0 Å². The Morgan fingerprint density at radius 1 is 1.11 bits per heavy atom. The van der Waals surface area contributed by atoms with Gasteiger partial charge in [0.2, 0.25) is 0 Å². The topological polar surface area (TPSA) is 84.9 Å². The predicted octanol–water partition coefficient (Wildman–Crippen LogP) is 3.16. The number of hydrogen-bond donors (Lipinski definition) is 1. The van der Waals surface area contributed by atoms with Crippen molar-refractivity contribution in [2.45, 2.75) is 0 Å². The molecule has 1 saturated heterocycles. The minimum absolute atomic E-state index is 0.194. The number of barbiturate groups is 1. The summed E-state index contributed by atoms with van der Waals surface area (Å²) in [5, 5.41) is 2.22. The lowest BCUT2D eigenvalue weighted by atomic mass is 10.1. The molecule has 28 heavy (non-hydrogen) atoms. The molecule has 0 radical (unpaired) electrons. The van der Waals surface area contributed by atoms with Crippen molar-refractivity contribution in [1.82, 2.24) is 5.32 Å². The van der Waals surface area contributed by atoms with Gasteiger partial charge in [0.05, 0.1) is 24.9 Å². The number of halogens is 2. The summed E-state index contributed by atoms with van der Waals surface area (Å²) in [5.41, 5.74) is -0.288. The molecular formula is C19H14ClFN2O5. The maximum Gasteiger partial charge on any atom is 0.336 e. The Morgan fingerprint density at radius 2 is 1.82 bits per heavy atom. The molecule has 1 N–H and O–H groups in total. The molecule has 144 valence electrons. The standard InChI is InChI=1S/C19H14ClFN2O5/c1-27-15-9-10(8-12(20)16(15)28-2)7-11-17(24)22-19(26)23(18(11)25)14-6-4-3-5-13(14)21/h3-9H,1-2H3,(H,22,24,26). The number of para-hydroxylation sites is 1. The first kappa shape index (κ1) is 19.4. The molecule has 4 amide bonds. The molecule has 0 aliphatic carbocycles. The first-order valence-electron chi connectivity index (χ1n) is 7.95. The Balaban J connectivity index is 2.07. The Kier molecular flexibility index (Phi) is 5.32. The van der Waals surface area contributed by atoms with Gasteiger partial charge in [0.15, 0.2) is 11.5 Å². The lowest BCUT2D eigenvalue weighted by Gasteiger charge is -2.26. The molecule has 0 bridgehead atoms. The summed E-state index contributed by atoms with van der Waals surface area (Å²) in [6.45, 7) is 0. The number of amides is 4. The summed E-state index contributed by atoms with van der Waals surface area (Å²) in [4.78, 5) is 37.7. The number of urea groups is 1. The monoisotopic (exact) mass is 404 g/mol.